The summed E-state index contributed by atoms with van der Waals surface area (Å²) in [6, 6.07) is 1.14. The molecule has 1 atom stereocenters. The van der Waals surface area contributed by atoms with Crippen molar-refractivity contribution in [2.45, 2.75) is 6.04 Å². The minimum absolute atomic E-state index is 0. The van der Waals surface area contributed by atoms with E-state index >= 15 is 0 Å². The number of carbonyl (C=O) groups excluding carboxylic acids is 1. The van der Waals surface area contributed by atoms with Gasteiger partial charge in [-0.1, -0.05) is 6.08 Å². The van der Waals surface area contributed by atoms with Crippen LogP contribution in [0.15, 0.2) is 23.3 Å². The number of aromatic nitrogens is 2. The van der Waals surface area contributed by atoms with Crippen molar-refractivity contribution in [2.75, 3.05) is 13.1 Å². The topological polar surface area (TPSA) is 144 Å². The molecule has 2 N–H and O–H groups in total. The molecule has 1 saturated heterocycles. The van der Waals surface area contributed by atoms with Crippen LogP contribution in [0.3, 0.4) is 0 Å². The summed E-state index contributed by atoms with van der Waals surface area (Å²) in [5.41, 5.74) is 1.39. The average Bonchev–Trinajstić information content (AvgIpc) is 2.67. The maximum atomic E-state index is 11.5. The van der Waals surface area contributed by atoms with Crippen LogP contribution < -0.4 is 35.1 Å². The van der Waals surface area contributed by atoms with E-state index in [-0.39, 0.29) is 47.2 Å². The number of nitrogens with zero attached hydrogens (tertiary/aromatic N) is 4. The molecule has 0 radical (unpaired) electrons. The van der Waals surface area contributed by atoms with Crippen LogP contribution >= 0.6 is 0 Å². The largest absolute Gasteiger partial charge is 1.00 e. The molecule has 0 spiro atoms. The summed E-state index contributed by atoms with van der Waals surface area (Å²) < 4.78 is 33.0. The van der Waals surface area contributed by atoms with Crippen LogP contribution in [0.5, 0.6) is 0 Å². The molecule has 0 saturated carbocycles. The molecule has 3 rings (SSSR count). The summed E-state index contributed by atoms with van der Waals surface area (Å²) in [5, 5.41) is 4.03. The standard InChI is InChI=1S/C11H12N4O2.Na.H2O4S/c1-14-6-12-8(4-10(14)16)7-2-3-15-5-9(7)13-11(15)17;;1-5(2,3)4/h2,4,6,9H,3,5H2,1H3,(H,13,17);;(H2,1,2,3,4)/q;+1;/p-1. The maximum absolute atomic E-state index is 11.5. The molecule has 2 amide bonds. The van der Waals surface area contributed by atoms with Gasteiger partial charge in [-0.25, -0.2) is 4.98 Å². The van der Waals surface area contributed by atoms with E-state index in [0.717, 1.165) is 5.57 Å². The fraction of sp³-hybridized carbons (Fsp3) is 0.364. The van der Waals surface area contributed by atoms with Gasteiger partial charge in [0.25, 0.3) is 5.56 Å². The monoisotopic (exact) mass is 352 g/mol. The van der Waals surface area contributed by atoms with Gasteiger partial charge in [-0.2, -0.15) is 8.42 Å². The van der Waals surface area contributed by atoms with E-state index in [1.54, 1.807) is 11.9 Å². The minimum Gasteiger partial charge on any atom is -0.432 e. The van der Waals surface area contributed by atoms with Gasteiger partial charge in [0.2, 0.25) is 0 Å². The van der Waals surface area contributed by atoms with Gasteiger partial charge >= 0.3 is 40.0 Å². The molecule has 12 heteroatoms. The van der Waals surface area contributed by atoms with E-state index in [2.05, 4.69) is 10.3 Å². The Morgan fingerprint density at radius 3 is 2.52 bits per heavy atom. The molecule has 3 heterocycles. The van der Waals surface area contributed by atoms with Crippen molar-refractivity contribution in [1.29, 1.82) is 0 Å². The number of rotatable bonds is 1. The second kappa shape index (κ2) is 7.55. The van der Waals surface area contributed by atoms with Crippen molar-refractivity contribution in [3.8, 4) is 0 Å². The first kappa shape index (κ1) is 19.8. The second-order valence-corrected chi connectivity index (χ2v) is 5.56. The maximum Gasteiger partial charge on any atom is 1.00 e. The molecule has 1 aromatic heterocycles. The van der Waals surface area contributed by atoms with Crippen LogP contribution in [-0.4, -0.2) is 57.1 Å². The second-order valence-electron chi connectivity index (χ2n) is 4.66. The number of carbonyl (C=O) groups is 1. The Kier molecular flexibility index (Phi) is 6.50. The van der Waals surface area contributed by atoms with Crippen LogP contribution in [0.2, 0.25) is 0 Å². The summed E-state index contributed by atoms with van der Waals surface area (Å²) >= 11 is 0. The summed E-state index contributed by atoms with van der Waals surface area (Å²) in [7, 11) is -3.01. The van der Waals surface area contributed by atoms with Gasteiger partial charge in [-0.15, -0.1) is 0 Å². The molecule has 0 aliphatic carbocycles. The molecule has 2 bridgehead atoms. The van der Waals surface area contributed by atoms with E-state index in [0.29, 0.717) is 18.8 Å². The van der Waals surface area contributed by atoms with E-state index in [1.807, 2.05) is 6.08 Å². The predicted octanol–water partition coefficient (Wildman–Crippen LogP) is -3.29. The third-order valence-electron chi connectivity index (χ3n) is 3.09. The fourth-order valence-electron chi connectivity index (χ4n) is 2.10. The number of hydrogen-bond donors (Lipinski definition) is 2. The zero-order valence-electron chi connectivity index (χ0n) is 12.4. The quantitative estimate of drug-likeness (QED) is 0.398. The third kappa shape index (κ3) is 5.41. The number of amides is 2. The van der Waals surface area contributed by atoms with E-state index in [4.69, 9.17) is 17.5 Å². The Balaban J connectivity index is 0.000000390. The first-order valence-electron chi connectivity index (χ1n) is 6.08. The normalized spacial score (nSPS) is 19.1. The molecule has 10 nitrogen and oxygen atoms in total. The summed E-state index contributed by atoms with van der Waals surface area (Å²) in [4.78, 5) is 28.8. The van der Waals surface area contributed by atoms with Crippen LogP contribution in [-0.2, 0) is 17.4 Å². The molecule has 2 aliphatic rings. The first-order chi connectivity index (χ1) is 10.1. The van der Waals surface area contributed by atoms with Gasteiger partial charge in [-0.05, 0) is 24.7 Å². The van der Waals surface area contributed by atoms with Crippen molar-refractivity contribution in [3.63, 3.8) is 0 Å². The van der Waals surface area contributed by atoms with Gasteiger partial charge in [-0.3, -0.25) is 18.7 Å². The molecule has 23 heavy (non-hydrogen) atoms. The molecule has 0 aromatic carbocycles. The predicted molar refractivity (Wildman–Crippen MR) is 75.7 cm³/mol. The zero-order valence-corrected chi connectivity index (χ0v) is 15.3. The molecule has 1 unspecified atom stereocenters. The molecule has 1 fully saturated rings. The zero-order chi connectivity index (χ0) is 16.5. The van der Waals surface area contributed by atoms with Crippen LogP contribution in [0.1, 0.15) is 5.69 Å². The number of hydrogen-bond acceptors (Lipinski definition) is 5. The third-order valence-corrected chi connectivity index (χ3v) is 3.09. The van der Waals surface area contributed by atoms with Gasteiger partial charge in [0.05, 0.1) is 12.0 Å². The molecule has 120 valence electrons. The fourth-order valence-corrected chi connectivity index (χ4v) is 2.10. The Bertz CT molecular complexity index is 782. The van der Waals surface area contributed by atoms with Crippen molar-refractivity contribution in [1.82, 2.24) is 14.5 Å². The molecular weight excluding hydrogens is 339 g/mol. The van der Waals surface area contributed by atoms with Crippen molar-refractivity contribution in [2.24, 2.45) is 7.05 Å². The average molecular weight is 352 g/mol. The van der Waals surface area contributed by atoms with Crippen LogP contribution in [0, 0.1) is 0 Å². The Hall–Kier alpha value is -1.24. The smallest absolute Gasteiger partial charge is 0.432 e. The number of fused-ring (bicyclic) bond motifs is 2. The van der Waals surface area contributed by atoms with Gasteiger partial charge in [0.1, 0.15) is 0 Å². The summed E-state index contributed by atoms with van der Waals surface area (Å²) in [6.45, 7) is 1.15. The summed E-state index contributed by atoms with van der Waals surface area (Å²) in [5.74, 6) is 0. The number of aryl methyl sites for hydroxylation is 1. The minimum atomic E-state index is -4.67. The Morgan fingerprint density at radius 2 is 1.96 bits per heavy atom. The first-order valence-corrected chi connectivity index (χ1v) is 7.47. The van der Waals surface area contributed by atoms with E-state index in [1.165, 1.54) is 17.0 Å². The summed E-state index contributed by atoms with van der Waals surface area (Å²) in [6.07, 6.45) is 3.41. The van der Waals surface area contributed by atoms with Crippen molar-refractivity contribution in [3.05, 3.63) is 39.8 Å². The van der Waals surface area contributed by atoms with Crippen molar-refractivity contribution < 1.29 is 51.9 Å². The molecule has 2 aliphatic heterocycles. The van der Waals surface area contributed by atoms with E-state index < -0.39 is 10.4 Å². The Morgan fingerprint density at radius 1 is 1.35 bits per heavy atom. The molecule has 1 aromatic rings. The van der Waals surface area contributed by atoms with E-state index in [9.17, 15) is 9.59 Å². The van der Waals surface area contributed by atoms with Gasteiger partial charge < -0.3 is 14.8 Å². The SMILES string of the molecule is Cn1cnc(C2=CCN3CC2[N-]C3=O)cc1=O.O=S(=O)(O)O.[Na+]. The molecular formula is C11H13N4NaO6S. The Labute approximate surface area is 154 Å². The van der Waals surface area contributed by atoms with Crippen molar-refractivity contribution >= 4 is 22.0 Å². The van der Waals surface area contributed by atoms with Crippen LogP contribution in [0.4, 0.5) is 4.79 Å². The van der Waals surface area contributed by atoms with Gasteiger partial charge in [0.15, 0.2) is 6.03 Å². The van der Waals surface area contributed by atoms with Crippen LogP contribution in [0.25, 0.3) is 10.9 Å². The van der Waals surface area contributed by atoms with Gasteiger partial charge in [0, 0.05) is 13.1 Å². The number of urea groups is 1.